The molecule has 0 aliphatic heterocycles. The van der Waals surface area contributed by atoms with Crippen LogP contribution in [0.4, 0.5) is 10.1 Å². The molecule has 2 rings (SSSR count). The number of halogens is 2. The maximum Gasteiger partial charge on any atom is 0.253 e. The Morgan fingerprint density at radius 1 is 1.24 bits per heavy atom. The summed E-state index contributed by atoms with van der Waals surface area (Å²) < 4.78 is 13.1. The van der Waals surface area contributed by atoms with E-state index in [0.29, 0.717) is 22.7 Å². The summed E-state index contributed by atoms with van der Waals surface area (Å²) in [6.07, 6.45) is 0. The highest BCUT2D eigenvalue weighted by molar-refractivity contribution is 6.31. The number of anilines is 1. The molecule has 0 aliphatic carbocycles. The smallest absolute Gasteiger partial charge is 0.253 e. The second-order valence-corrected chi connectivity index (χ2v) is 4.97. The summed E-state index contributed by atoms with van der Waals surface area (Å²) in [6, 6.07) is 11.2. The molecule has 21 heavy (non-hydrogen) atoms. The van der Waals surface area contributed by atoms with E-state index >= 15 is 0 Å². The first-order valence-electron chi connectivity index (χ1n) is 6.66. The molecule has 0 heterocycles. The maximum absolute atomic E-state index is 13.1. The zero-order chi connectivity index (χ0) is 15.2. The van der Waals surface area contributed by atoms with Crippen molar-refractivity contribution < 1.29 is 9.18 Å². The molecule has 0 fully saturated rings. The minimum atomic E-state index is -0.321. The predicted molar refractivity (Wildman–Crippen MR) is 83.2 cm³/mol. The van der Waals surface area contributed by atoms with Crippen LogP contribution >= 0.6 is 11.6 Å². The van der Waals surface area contributed by atoms with Gasteiger partial charge in [-0.2, -0.15) is 0 Å². The van der Waals surface area contributed by atoms with Crippen LogP contribution in [-0.4, -0.2) is 12.5 Å². The molecule has 1 amide bonds. The number of amides is 1. The van der Waals surface area contributed by atoms with Crippen molar-refractivity contribution in [1.29, 1.82) is 0 Å². The highest BCUT2D eigenvalue weighted by atomic mass is 35.5. The van der Waals surface area contributed by atoms with E-state index in [0.717, 1.165) is 5.69 Å². The van der Waals surface area contributed by atoms with E-state index in [2.05, 4.69) is 10.6 Å². The molecular weight excluding hydrogens is 291 g/mol. The monoisotopic (exact) mass is 306 g/mol. The lowest BCUT2D eigenvalue weighted by molar-refractivity contribution is 0.0951. The summed E-state index contributed by atoms with van der Waals surface area (Å²) >= 11 is 5.94. The number of carbonyl (C=O) groups excluding carboxylic acids is 1. The minimum Gasteiger partial charge on any atom is -0.385 e. The molecule has 0 saturated heterocycles. The van der Waals surface area contributed by atoms with E-state index in [4.69, 9.17) is 11.6 Å². The molecule has 0 atom stereocenters. The molecule has 2 aromatic carbocycles. The number of hydrogen-bond acceptors (Lipinski definition) is 2. The number of benzene rings is 2. The van der Waals surface area contributed by atoms with Crippen LogP contribution in [0.25, 0.3) is 0 Å². The van der Waals surface area contributed by atoms with Crippen LogP contribution in [0.15, 0.2) is 42.5 Å². The van der Waals surface area contributed by atoms with Gasteiger partial charge in [0.1, 0.15) is 5.82 Å². The van der Waals surface area contributed by atoms with Gasteiger partial charge in [-0.15, -0.1) is 0 Å². The average molecular weight is 307 g/mol. The third kappa shape index (κ3) is 4.20. The predicted octanol–water partition coefficient (Wildman–Crippen LogP) is 3.84. The summed E-state index contributed by atoms with van der Waals surface area (Å²) in [4.78, 5) is 12.2. The lowest BCUT2D eigenvalue weighted by Crippen LogP contribution is -2.24. The van der Waals surface area contributed by atoms with Crippen LogP contribution in [0.2, 0.25) is 5.02 Å². The Hall–Kier alpha value is -2.07. The molecular formula is C16H16ClFN2O. The van der Waals surface area contributed by atoms with Crippen molar-refractivity contribution in [1.82, 2.24) is 5.32 Å². The normalized spacial score (nSPS) is 10.2. The van der Waals surface area contributed by atoms with Crippen LogP contribution in [0.5, 0.6) is 0 Å². The topological polar surface area (TPSA) is 41.1 Å². The highest BCUT2D eigenvalue weighted by Crippen LogP contribution is 2.20. The van der Waals surface area contributed by atoms with Gasteiger partial charge >= 0.3 is 0 Å². The van der Waals surface area contributed by atoms with Crippen LogP contribution in [-0.2, 0) is 6.54 Å². The fourth-order valence-electron chi connectivity index (χ4n) is 1.97. The number of carbonyl (C=O) groups is 1. The molecule has 0 radical (unpaired) electrons. The van der Waals surface area contributed by atoms with Gasteiger partial charge in [0.2, 0.25) is 0 Å². The fraction of sp³-hybridized carbons (Fsp3) is 0.188. The van der Waals surface area contributed by atoms with E-state index in [1.807, 2.05) is 6.92 Å². The Morgan fingerprint density at radius 3 is 2.76 bits per heavy atom. The van der Waals surface area contributed by atoms with Crippen molar-refractivity contribution in [2.45, 2.75) is 13.5 Å². The van der Waals surface area contributed by atoms with Gasteiger partial charge in [-0.3, -0.25) is 4.79 Å². The van der Waals surface area contributed by atoms with Gasteiger partial charge in [0.05, 0.1) is 5.56 Å². The fourth-order valence-corrected chi connectivity index (χ4v) is 2.15. The van der Waals surface area contributed by atoms with Crippen LogP contribution in [0, 0.1) is 5.82 Å². The van der Waals surface area contributed by atoms with Crippen molar-refractivity contribution in [3.63, 3.8) is 0 Å². The van der Waals surface area contributed by atoms with E-state index in [1.165, 1.54) is 12.1 Å². The molecule has 0 aliphatic rings. The van der Waals surface area contributed by atoms with Gasteiger partial charge in [0, 0.05) is 23.8 Å². The molecule has 2 aromatic rings. The Balaban J connectivity index is 2.11. The van der Waals surface area contributed by atoms with Gasteiger partial charge in [-0.25, -0.2) is 4.39 Å². The highest BCUT2D eigenvalue weighted by Gasteiger charge is 2.11. The Labute approximate surface area is 128 Å². The van der Waals surface area contributed by atoms with Gasteiger partial charge in [0.25, 0.3) is 5.91 Å². The summed E-state index contributed by atoms with van der Waals surface area (Å²) in [5.41, 5.74) is 1.90. The largest absolute Gasteiger partial charge is 0.385 e. The number of rotatable bonds is 5. The lowest BCUT2D eigenvalue weighted by atomic mass is 10.1. The Kier molecular flexibility index (Phi) is 5.17. The Morgan fingerprint density at radius 2 is 2.05 bits per heavy atom. The van der Waals surface area contributed by atoms with Crippen LogP contribution in [0.3, 0.4) is 0 Å². The van der Waals surface area contributed by atoms with Crippen molar-refractivity contribution in [3.8, 4) is 0 Å². The molecule has 0 spiro atoms. The minimum absolute atomic E-state index is 0.252. The molecule has 2 N–H and O–H groups in total. The molecule has 5 heteroatoms. The quantitative estimate of drug-likeness (QED) is 0.881. The third-order valence-corrected chi connectivity index (χ3v) is 3.17. The van der Waals surface area contributed by atoms with Crippen molar-refractivity contribution in [2.24, 2.45) is 0 Å². The Bertz CT molecular complexity index is 646. The second kappa shape index (κ2) is 7.09. The van der Waals surface area contributed by atoms with Crippen LogP contribution < -0.4 is 10.6 Å². The third-order valence-electron chi connectivity index (χ3n) is 2.94. The summed E-state index contributed by atoms with van der Waals surface area (Å²) in [6.45, 7) is 2.91. The standard InChI is InChI=1S/C16H16ClFN2O/c1-2-19-15-7-6-12(17)9-14(15)16(21)20-10-11-4-3-5-13(18)8-11/h3-9,19H,2,10H2,1H3,(H,20,21). The zero-order valence-electron chi connectivity index (χ0n) is 11.6. The van der Waals surface area contributed by atoms with E-state index in [1.54, 1.807) is 30.3 Å². The molecule has 0 unspecified atom stereocenters. The van der Waals surface area contributed by atoms with Crippen molar-refractivity contribution in [3.05, 3.63) is 64.4 Å². The number of hydrogen-bond donors (Lipinski definition) is 2. The first-order chi connectivity index (χ1) is 10.1. The van der Waals surface area contributed by atoms with E-state index in [9.17, 15) is 9.18 Å². The molecule has 3 nitrogen and oxygen atoms in total. The average Bonchev–Trinajstić information content (AvgIpc) is 2.47. The molecule has 0 bridgehead atoms. The SMILES string of the molecule is CCNc1ccc(Cl)cc1C(=O)NCc1cccc(F)c1. The zero-order valence-corrected chi connectivity index (χ0v) is 12.4. The maximum atomic E-state index is 13.1. The van der Waals surface area contributed by atoms with Gasteiger partial charge in [-0.05, 0) is 42.8 Å². The van der Waals surface area contributed by atoms with Crippen molar-refractivity contribution in [2.75, 3.05) is 11.9 Å². The summed E-state index contributed by atoms with van der Waals surface area (Å²) in [7, 11) is 0. The first-order valence-corrected chi connectivity index (χ1v) is 7.04. The van der Waals surface area contributed by atoms with Crippen molar-refractivity contribution >= 4 is 23.2 Å². The van der Waals surface area contributed by atoms with Gasteiger partial charge in [-0.1, -0.05) is 23.7 Å². The second-order valence-electron chi connectivity index (χ2n) is 4.53. The lowest BCUT2D eigenvalue weighted by Gasteiger charge is -2.11. The summed E-state index contributed by atoms with van der Waals surface area (Å²) in [5.74, 6) is -0.574. The summed E-state index contributed by atoms with van der Waals surface area (Å²) in [5, 5.41) is 6.37. The molecule has 110 valence electrons. The number of nitrogens with one attached hydrogen (secondary N) is 2. The van der Waals surface area contributed by atoms with Gasteiger partial charge in [0.15, 0.2) is 0 Å². The molecule has 0 saturated carbocycles. The van der Waals surface area contributed by atoms with E-state index < -0.39 is 0 Å². The van der Waals surface area contributed by atoms with E-state index in [-0.39, 0.29) is 18.3 Å². The van der Waals surface area contributed by atoms with Gasteiger partial charge < -0.3 is 10.6 Å². The first kappa shape index (κ1) is 15.3. The molecule has 0 aromatic heterocycles. The van der Waals surface area contributed by atoms with Crippen LogP contribution in [0.1, 0.15) is 22.8 Å².